The van der Waals surface area contributed by atoms with Gasteiger partial charge in [0.05, 0.1) is 0 Å². The van der Waals surface area contributed by atoms with E-state index in [1.165, 1.54) is 0 Å². The molecule has 0 aliphatic rings. The van der Waals surface area contributed by atoms with Crippen LogP contribution in [0, 0.1) is 5.82 Å². The van der Waals surface area contributed by atoms with Gasteiger partial charge in [-0.3, -0.25) is 0 Å². The van der Waals surface area contributed by atoms with Crippen molar-refractivity contribution in [3.05, 3.63) is 46.0 Å². The summed E-state index contributed by atoms with van der Waals surface area (Å²) in [5, 5.41) is 5.04. The molecule has 0 saturated carbocycles. The van der Waals surface area contributed by atoms with E-state index in [1.807, 2.05) is 24.4 Å². The van der Waals surface area contributed by atoms with E-state index >= 15 is 0 Å². The van der Waals surface area contributed by atoms with Crippen LogP contribution in [0.4, 0.5) is 4.39 Å². The summed E-state index contributed by atoms with van der Waals surface area (Å²) in [6.07, 6.45) is 1.57. The minimum absolute atomic E-state index is 0.0683. The molecule has 0 aromatic carbocycles. The van der Waals surface area contributed by atoms with Crippen molar-refractivity contribution in [3.8, 4) is 5.88 Å². The van der Waals surface area contributed by atoms with Crippen LogP contribution in [0.5, 0.6) is 5.88 Å². The molecule has 0 aliphatic carbocycles. The monoisotopic (exact) mass is 266 g/mol. The lowest BCUT2D eigenvalue weighted by Crippen LogP contribution is -2.13. The lowest BCUT2D eigenvalue weighted by Gasteiger charge is -2.08. The highest BCUT2D eigenvalue weighted by Crippen LogP contribution is 2.19. The first-order chi connectivity index (χ1) is 8.81. The minimum atomic E-state index is -0.380. The smallest absolute Gasteiger partial charge is 0.251 e. The Bertz CT molecular complexity index is 488. The van der Waals surface area contributed by atoms with Gasteiger partial charge in [0.1, 0.15) is 6.61 Å². The van der Waals surface area contributed by atoms with Gasteiger partial charge in [-0.05, 0) is 24.1 Å². The number of nitrogens with one attached hydrogen (secondary N) is 1. The Morgan fingerprint density at radius 3 is 3.06 bits per heavy atom. The molecule has 0 aliphatic heterocycles. The standard InChI is InChI=1S/C13H15FN2OS/c1-2-15-8-10-5-6-16-13(12(10)14)17-9-11-4-3-7-18-11/h3-7,15H,2,8-9H2,1H3. The van der Waals surface area contributed by atoms with Crippen LogP contribution in [0.3, 0.4) is 0 Å². The van der Waals surface area contributed by atoms with E-state index in [9.17, 15) is 4.39 Å². The SMILES string of the molecule is CCNCc1ccnc(OCc2cccs2)c1F. The normalized spacial score (nSPS) is 10.6. The molecular weight excluding hydrogens is 251 g/mol. The first kappa shape index (κ1) is 13.0. The highest BCUT2D eigenvalue weighted by atomic mass is 32.1. The van der Waals surface area contributed by atoms with Crippen molar-refractivity contribution in [1.82, 2.24) is 10.3 Å². The van der Waals surface area contributed by atoms with Crippen molar-refractivity contribution in [2.75, 3.05) is 6.54 Å². The average Bonchev–Trinajstić information content (AvgIpc) is 2.89. The lowest BCUT2D eigenvalue weighted by atomic mass is 10.2. The summed E-state index contributed by atoms with van der Waals surface area (Å²) in [5.41, 5.74) is 0.577. The van der Waals surface area contributed by atoms with Crippen molar-refractivity contribution in [2.45, 2.75) is 20.1 Å². The van der Waals surface area contributed by atoms with Crippen LogP contribution in [0.2, 0.25) is 0 Å². The number of ether oxygens (including phenoxy) is 1. The molecule has 2 aromatic rings. The first-order valence-corrected chi connectivity index (χ1v) is 6.68. The third-order valence-electron chi connectivity index (χ3n) is 2.43. The quantitative estimate of drug-likeness (QED) is 0.873. The summed E-state index contributed by atoms with van der Waals surface area (Å²) in [6, 6.07) is 5.55. The molecule has 0 radical (unpaired) electrons. The number of halogens is 1. The summed E-state index contributed by atoms with van der Waals surface area (Å²) in [7, 11) is 0. The minimum Gasteiger partial charge on any atom is -0.470 e. The predicted molar refractivity (Wildman–Crippen MR) is 70.2 cm³/mol. The number of rotatable bonds is 6. The number of hydrogen-bond donors (Lipinski definition) is 1. The van der Waals surface area contributed by atoms with E-state index in [0.717, 1.165) is 11.4 Å². The molecule has 0 atom stereocenters. The Morgan fingerprint density at radius 2 is 2.33 bits per heavy atom. The molecule has 96 valence electrons. The van der Waals surface area contributed by atoms with Crippen LogP contribution >= 0.6 is 11.3 Å². The van der Waals surface area contributed by atoms with Gasteiger partial charge >= 0.3 is 0 Å². The van der Waals surface area contributed by atoms with Crippen LogP contribution in [0.1, 0.15) is 17.4 Å². The fourth-order valence-corrected chi connectivity index (χ4v) is 2.11. The van der Waals surface area contributed by atoms with Gasteiger partial charge in [-0.15, -0.1) is 11.3 Å². The largest absolute Gasteiger partial charge is 0.470 e. The zero-order valence-corrected chi connectivity index (χ0v) is 11.0. The molecule has 0 unspecified atom stereocenters. The van der Waals surface area contributed by atoms with Gasteiger partial charge in [0.2, 0.25) is 0 Å². The van der Waals surface area contributed by atoms with Crippen LogP contribution in [-0.4, -0.2) is 11.5 Å². The summed E-state index contributed by atoms with van der Waals surface area (Å²) in [6.45, 7) is 3.62. The van der Waals surface area contributed by atoms with E-state index in [1.54, 1.807) is 23.6 Å². The van der Waals surface area contributed by atoms with E-state index in [4.69, 9.17) is 4.74 Å². The Kier molecular flexibility index (Phi) is 4.66. The van der Waals surface area contributed by atoms with Crippen molar-refractivity contribution in [3.63, 3.8) is 0 Å². The second kappa shape index (κ2) is 6.47. The molecule has 5 heteroatoms. The lowest BCUT2D eigenvalue weighted by molar-refractivity contribution is 0.279. The van der Waals surface area contributed by atoms with Gasteiger partial charge in [-0.2, -0.15) is 0 Å². The van der Waals surface area contributed by atoms with Gasteiger partial charge in [0, 0.05) is 23.2 Å². The molecule has 3 nitrogen and oxygen atoms in total. The van der Waals surface area contributed by atoms with Crippen molar-refractivity contribution in [1.29, 1.82) is 0 Å². The highest BCUT2D eigenvalue weighted by molar-refractivity contribution is 7.09. The maximum atomic E-state index is 14.0. The molecule has 2 aromatic heterocycles. The average molecular weight is 266 g/mol. The van der Waals surface area contributed by atoms with Crippen molar-refractivity contribution in [2.24, 2.45) is 0 Å². The number of thiophene rings is 1. The Balaban J connectivity index is 2.03. The third-order valence-corrected chi connectivity index (χ3v) is 3.28. The fourth-order valence-electron chi connectivity index (χ4n) is 1.49. The third kappa shape index (κ3) is 3.27. The van der Waals surface area contributed by atoms with Gasteiger partial charge in [0.15, 0.2) is 5.82 Å². The van der Waals surface area contributed by atoms with Crippen molar-refractivity contribution < 1.29 is 9.13 Å². The van der Waals surface area contributed by atoms with Gasteiger partial charge < -0.3 is 10.1 Å². The number of aromatic nitrogens is 1. The molecule has 0 bridgehead atoms. The number of nitrogens with zero attached hydrogens (tertiary/aromatic N) is 1. The zero-order chi connectivity index (χ0) is 12.8. The Hall–Kier alpha value is -1.46. The highest BCUT2D eigenvalue weighted by Gasteiger charge is 2.10. The van der Waals surface area contributed by atoms with E-state index in [-0.39, 0.29) is 11.7 Å². The predicted octanol–water partition coefficient (Wildman–Crippen LogP) is 2.97. The summed E-state index contributed by atoms with van der Waals surface area (Å²) >= 11 is 1.58. The molecule has 0 saturated heterocycles. The maximum absolute atomic E-state index is 14.0. The van der Waals surface area contributed by atoms with Crippen molar-refractivity contribution >= 4 is 11.3 Å². The first-order valence-electron chi connectivity index (χ1n) is 5.80. The van der Waals surface area contributed by atoms with Gasteiger partial charge in [-0.1, -0.05) is 13.0 Å². The summed E-state index contributed by atoms with van der Waals surface area (Å²) in [5.74, 6) is -0.311. The molecule has 0 amide bonds. The van der Waals surface area contributed by atoms with E-state index in [0.29, 0.717) is 18.7 Å². The van der Waals surface area contributed by atoms with Gasteiger partial charge in [0.25, 0.3) is 5.88 Å². The molecule has 2 rings (SSSR count). The molecule has 0 spiro atoms. The molecule has 0 fully saturated rings. The van der Waals surface area contributed by atoms with Crippen LogP contribution in [0.15, 0.2) is 29.8 Å². The second-order valence-corrected chi connectivity index (χ2v) is 4.77. The van der Waals surface area contributed by atoms with Gasteiger partial charge in [-0.25, -0.2) is 9.37 Å². The van der Waals surface area contributed by atoms with E-state index in [2.05, 4.69) is 10.3 Å². The zero-order valence-electron chi connectivity index (χ0n) is 10.1. The van der Waals surface area contributed by atoms with Crippen LogP contribution < -0.4 is 10.1 Å². The fraction of sp³-hybridized carbons (Fsp3) is 0.308. The maximum Gasteiger partial charge on any atom is 0.251 e. The topological polar surface area (TPSA) is 34.2 Å². The molecule has 18 heavy (non-hydrogen) atoms. The number of pyridine rings is 1. The van der Waals surface area contributed by atoms with E-state index < -0.39 is 0 Å². The second-order valence-electron chi connectivity index (χ2n) is 3.74. The molecular formula is C13H15FN2OS. The van der Waals surface area contributed by atoms with Crippen LogP contribution in [-0.2, 0) is 13.2 Å². The molecule has 2 heterocycles. The molecule has 1 N–H and O–H groups in total. The number of hydrogen-bond acceptors (Lipinski definition) is 4. The summed E-state index contributed by atoms with van der Waals surface area (Å²) < 4.78 is 19.4. The van der Waals surface area contributed by atoms with Crippen LogP contribution in [0.25, 0.3) is 0 Å². The Morgan fingerprint density at radius 1 is 1.44 bits per heavy atom. The summed E-state index contributed by atoms with van der Waals surface area (Å²) in [4.78, 5) is 4.98. The Labute approximate surface area is 110 Å².